The molecule has 1 atom stereocenters. The van der Waals surface area contributed by atoms with E-state index in [2.05, 4.69) is 13.2 Å². The Morgan fingerprint density at radius 2 is 1.48 bits per heavy atom. The molecule has 0 N–H and O–H groups in total. The van der Waals surface area contributed by atoms with Crippen LogP contribution >= 0.6 is 23.5 Å². The van der Waals surface area contributed by atoms with Crippen molar-refractivity contribution in [3.8, 4) is 0 Å². The predicted molar refractivity (Wildman–Crippen MR) is 119 cm³/mol. The summed E-state index contributed by atoms with van der Waals surface area (Å²) in [7, 11) is 0. The van der Waals surface area contributed by atoms with Crippen LogP contribution < -0.4 is 0 Å². The molecule has 0 aliphatic heterocycles. The lowest BCUT2D eigenvalue weighted by atomic mass is 10.1. The van der Waals surface area contributed by atoms with Crippen molar-refractivity contribution >= 4 is 45.9 Å². The molecule has 0 bridgehead atoms. The molecule has 0 saturated carbocycles. The van der Waals surface area contributed by atoms with E-state index >= 15 is 0 Å². The average Bonchev–Trinajstić information content (AvgIpc) is 2.71. The Hall–Kier alpha value is -2.04. The maximum Gasteiger partial charge on any atom is 0.200 e. The molecular formula is C23H24O2S2. The van der Waals surface area contributed by atoms with Gasteiger partial charge < -0.3 is 0 Å². The zero-order valence-corrected chi connectivity index (χ0v) is 17.2. The Balaban J connectivity index is 1.89. The van der Waals surface area contributed by atoms with Crippen LogP contribution in [0.25, 0.3) is 12.2 Å². The van der Waals surface area contributed by atoms with E-state index in [-0.39, 0.29) is 10.2 Å². The summed E-state index contributed by atoms with van der Waals surface area (Å²) in [5.74, 6) is 0.583. The minimum Gasteiger partial charge on any atom is -0.286 e. The summed E-state index contributed by atoms with van der Waals surface area (Å²) < 4.78 is 0. The molecule has 0 aliphatic carbocycles. The summed E-state index contributed by atoms with van der Waals surface area (Å²) in [5.41, 5.74) is 4.20. The summed E-state index contributed by atoms with van der Waals surface area (Å²) in [5, 5.41) is -0.108. The maximum absolute atomic E-state index is 12.5. The van der Waals surface area contributed by atoms with Crippen LogP contribution in [0, 0.1) is 5.92 Å². The minimum atomic E-state index is -0.560. The van der Waals surface area contributed by atoms with Crippen LogP contribution in [0.15, 0.2) is 61.7 Å². The molecule has 2 nitrogen and oxygen atoms in total. The van der Waals surface area contributed by atoms with Gasteiger partial charge in [-0.15, -0.1) is 0 Å². The third-order valence-electron chi connectivity index (χ3n) is 4.14. The molecule has 0 radical (unpaired) electrons. The third kappa shape index (κ3) is 6.56. The fourth-order valence-corrected chi connectivity index (χ4v) is 4.51. The van der Waals surface area contributed by atoms with Gasteiger partial charge >= 0.3 is 0 Å². The molecule has 4 heteroatoms. The summed E-state index contributed by atoms with van der Waals surface area (Å²) >= 11 is 2.44. The van der Waals surface area contributed by atoms with Crippen molar-refractivity contribution in [2.45, 2.75) is 24.9 Å². The van der Waals surface area contributed by atoms with Gasteiger partial charge in [-0.25, -0.2) is 0 Å². The molecule has 2 aromatic carbocycles. The highest BCUT2D eigenvalue weighted by atomic mass is 32.2. The highest BCUT2D eigenvalue weighted by Gasteiger charge is 2.25. The molecular weight excluding hydrogens is 372 g/mol. The molecule has 2 rings (SSSR count). The van der Waals surface area contributed by atoms with E-state index < -0.39 is 5.92 Å². The Bertz CT molecular complexity index is 809. The molecule has 1 unspecified atom stereocenters. The van der Waals surface area contributed by atoms with Gasteiger partial charge in [0.2, 0.25) is 10.2 Å². The van der Waals surface area contributed by atoms with Gasteiger partial charge in [-0.3, -0.25) is 9.59 Å². The van der Waals surface area contributed by atoms with Crippen molar-refractivity contribution in [3.63, 3.8) is 0 Å². The third-order valence-corrected chi connectivity index (χ3v) is 6.24. The quantitative estimate of drug-likeness (QED) is 0.471. The Morgan fingerprint density at radius 1 is 0.889 bits per heavy atom. The van der Waals surface area contributed by atoms with Crippen molar-refractivity contribution in [1.29, 1.82) is 0 Å². The number of benzene rings is 2. The van der Waals surface area contributed by atoms with Gasteiger partial charge in [0.25, 0.3) is 0 Å². The number of hydrogen-bond donors (Lipinski definition) is 0. The van der Waals surface area contributed by atoms with Crippen molar-refractivity contribution < 1.29 is 9.59 Å². The molecule has 0 fully saturated rings. The van der Waals surface area contributed by atoms with Crippen LogP contribution in [0.4, 0.5) is 0 Å². The van der Waals surface area contributed by atoms with Crippen LogP contribution in [0.2, 0.25) is 0 Å². The largest absolute Gasteiger partial charge is 0.286 e. The molecule has 0 aromatic heterocycles. The first kappa shape index (κ1) is 21.3. The Morgan fingerprint density at radius 3 is 2.04 bits per heavy atom. The highest BCUT2D eigenvalue weighted by molar-refractivity contribution is 8.15. The van der Waals surface area contributed by atoms with Gasteiger partial charge in [0, 0.05) is 11.5 Å². The van der Waals surface area contributed by atoms with Crippen molar-refractivity contribution in [2.75, 3.05) is 0 Å². The minimum absolute atomic E-state index is 0.0531. The predicted octanol–water partition coefficient (Wildman–Crippen LogP) is 6.22. The second-order valence-corrected chi connectivity index (χ2v) is 8.03. The second kappa shape index (κ2) is 11.0. The first-order valence-corrected chi connectivity index (χ1v) is 10.8. The van der Waals surface area contributed by atoms with Crippen LogP contribution in [-0.4, -0.2) is 10.2 Å². The van der Waals surface area contributed by atoms with E-state index in [1.165, 1.54) is 23.5 Å². The molecule has 0 heterocycles. The molecule has 140 valence electrons. The summed E-state index contributed by atoms with van der Waals surface area (Å²) in [6.07, 6.45) is 4.10. The lowest BCUT2D eigenvalue weighted by Gasteiger charge is -2.12. The zero-order valence-electron chi connectivity index (χ0n) is 15.5. The molecule has 2 aromatic rings. The lowest BCUT2D eigenvalue weighted by molar-refractivity contribution is -0.123. The van der Waals surface area contributed by atoms with Crippen molar-refractivity contribution in [2.24, 2.45) is 5.92 Å². The van der Waals surface area contributed by atoms with E-state index in [0.717, 1.165) is 22.3 Å². The molecule has 0 amide bonds. The first-order valence-electron chi connectivity index (χ1n) is 8.83. The van der Waals surface area contributed by atoms with Crippen molar-refractivity contribution in [3.05, 3.63) is 83.9 Å². The lowest BCUT2D eigenvalue weighted by Crippen LogP contribution is -2.19. The van der Waals surface area contributed by atoms with Gasteiger partial charge in [-0.05, 0) is 28.7 Å². The normalized spacial score (nSPS) is 11.6. The number of hydrogen-bond acceptors (Lipinski definition) is 4. The molecule has 0 spiro atoms. The Labute approximate surface area is 170 Å². The highest BCUT2D eigenvalue weighted by Crippen LogP contribution is 2.26. The average molecular weight is 397 g/mol. The molecule has 27 heavy (non-hydrogen) atoms. The smallest absolute Gasteiger partial charge is 0.200 e. The first-order chi connectivity index (χ1) is 13.1. The van der Waals surface area contributed by atoms with E-state index in [1.54, 1.807) is 12.2 Å². The van der Waals surface area contributed by atoms with Gasteiger partial charge in [0.15, 0.2) is 0 Å². The fraction of sp³-hybridized carbons (Fsp3) is 0.217. The molecule has 0 aliphatic rings. The molecule has 0 saturated heterocycles. The van der Waals surface area contributed by atoms with Crippen molar-refractivity contribution in [1.82, 2.24) is 0 Å². The van der Waals surface area contributed by atoms with E-state index in [4.69, 9.17) is 0 Å². The van der Waals surface area contributed by atoms with Crippen LogP contribution in [-0.2, 0) is 21.1 Å². The van der Waals surface area contributed by atoms with E-state index in [9.17, 15) is 9.59 Å². The monoisotopic (exact) mass is 396 g/mol. The summed E-state index contributed by atoms with van der Waals surface area (Å²) in [6, 6.07) is 15.8. The number of thioether (sulfide) groups is 2. The number of carbonyl (C=O) groups is 2. The standard InChI is InChI=1S/C23H24O2S2/c1-4-17-10-12-19(13-11-17)15-26-22(24)21(6-3)23(25)27-16-20-9-7-8-18(5-2)14-20/h4-5,7-14,21H,1-2,6,15-16H2,3H3. The van der Waals surface area contributed by atoms with Gasteiger partial charge in [0.05, 0.1) is 5.92 Å². The van der Waals surface area contributed by atoms with Crippen LogP contribution in [0.3, 0.4) is 0 Å². The maximum atomic E-state index is 12.5. The summed E-state index contributed by atoms with van der Waals surface area (Å²) in [4.78, 5) is 25.1. The second-order valence-electron chi connectivity index (χ2n) is 6.07. The van der Waals surface area contributed by atoms with E-state index in [1.807, 2.05) is 55.5 Å². The SMILES string of the molecule is C=Cc1ccc(CSC(=O)C(CC)C(=O)SCc2cccc(C=C)c2)cc1. The fourth-order valence-electron chi connectivity index (χ4n) is 2.50. The van der Waals surface area contributed by atoms with Gasteiger partial charge in [-0.1, -0.05) is 104 Å². The van der Waals surface area contributed by atoms with Crippen LogP contribution in [0.5, 0.6) is 0 Å². The van der Waals surface area contributed by atoms with Gasteiger partial charge in [-0.2, -0.15) is 0 Å². The summed E-state index contributed by atoms with van der Waals surface area (Å²) in [6.45, 7) is 9.38. The van der Waals surface area contributed by atoms with Crippen LogP contribution in [0.1, 0.15) is 35.6 Å². The van der Waals surface area contributed by atoms with E-state index in [0.29, 0.717) is 17.9 Å². The number of carbonyl (C=O) groups excluding carboxylic acids is 2. The zero-order chi connectivity index (χ0) is 19.6. The topological polar surface area (TPSA) is 34.1 Å². The van der Waals surface area contributed by atoms with Gasteiger partial charge in [0.1, 0.15) is 0 Å². The number of rotatable bonds is 9. The Kier molecular flexibility index (Phi) is 8.62.